The van der Waals surface area contributed by atoms with E-state index >= 15 is 0 Å². The summed E-state index contributed by atoms with van der Waals surface area (Å²) in [5, 5.41) is 0. The van der Waals surface area contributed by atoms with E-state index in [1.807, 2.05) is 36.4 Å². The molecule has 3 aliphatic carbocycles. The van der Waals surface area contributed by atoms with Crippen LogP contribution >= 0.6 is 0 Å². The van der Waals surface area contributed by atoms with Crippen LogP contribution in [0.3, 0.4) is 0 Å². The fraction of sp³-hybridized carbons (Fsp3) is 0.231. The van der Waals surface area contributed by atoms with Crippen LogP contribution in [0, 0.1) is 10.8 Å². The minimum atomic E-state index is -0.885. The quantitative estimate of drug-likeness (QED) is 0.0695. The Bertz CT molecular complexity index is 1860. The molecule has 0 aromatic heterocycles. The van der Waals surface area contributed by atoms with Gasteiger partial charge >= 0.3 is 23.9 Å². The zero-order valence-electron chi connectivity index (χ0n) is 27.2. The zero-order valence-corrected chi connectivity index (χ0v) is 27.2. The second-order valence-corrected chi connectivity index (χ2v) is 13.4. The maximum atomic E-state index is 13.5. The Labute approximate surface area is 273 Å². The normalized spacial score (nSPS) is 13.0. The van der Waals surface area contributed by atoms with Gasteiger partial charge < -0.3 is 9.47 Å². The third kappa shape index (κ3) is 7.84. The average Bonchev–Trinajstić information content (AvgIpc) is 3.57. The number of benzene rings is 2. The van der Waals surface area contributed by atoms with Crippen molar-refractivity contribution in [2.45, 2.75) is 48.0 Å². The number of hydrogen-bond acceptors (Lipinski definition) is 8. The lowest BCUT2D eigenvalue weighted by Crippen LogP contribution is -2.25. The minimum Gasteiger partial charge on any atom is -0.426 e. The van der Waals surface area contributed by atoms with Crippen molar-refractivity contribution in [1.82, 2.24) is 0 Å². The minimum absolute atomic E-state index is 0.272. The van der Waals surface area contributed by atoms with Crippen molar-refractivity contribution in [2.24, 2.45) is 10.8 Å². The van der Waals surface area contributed by atoms with Gasteiger partial charge in [0.15, 0.2) is 0 Å². The van der Waals surface area contributed by atoms with Gasteiger partial charge in [-0.25, -0.2) is 19.4 Å². The molecule has 0 unspecified atom stereocenters. The van der Waals surface area contributed by atoms with Gasteiger partial charge in [-0.05, 0) is 117 Å². The van der Waals surface area contributed by atoms with E-state index in [2.05, 4.69) is 0 Å². The molecule has 3 aliphatic rings. The molecule has 240 valence electrons. The first-order valence-corrected chi connectivity index (χ1v) is 15.2. The Kier molecular flexibility index (Phi) is 9.15. The van der Waals surface area contributed by atoms with Crippen molar-refractivity contribution in [2.75, 3.05) is 0 Å². The van der Waals surface area contributed by atoms with E-state index in [9.17, 15) is 19.2 Å². The molecule has 47 heavy (non-hydrogen) atoms. The summed E-state index contributed by atoms with van der Waals surface area (Å²) in [4.78, 5) is 60.5. The van der Waals surface area contributed by atoms with Gasteiger partial charge in [0, 0.05) is 6.08 Å². The van der Waals surface area contributed by atoms with Gasteiger partial charge in [-0.15, -0.1) is 0 Å². The maximum absolute atomic E-state index is 13.5. The standard InChI is InChI=1S/C39H36O8/c1-38(2,3)36(42)44-29-16-10-24(11-17-29)12-21-33(40)46-47-35(41)34-31-20-15-25-8-7-9-27(25)22-28(31)23-32(34)26-13-18-30(19-14-26)45-37(43)39(4,5)6/h7-22H,23H2,1-6H3/b21-12+. The molecule has 0 radical (unpaired) electrons. The number of carbonyl (C=O) groups excluding carboxylic acids is 4. The van der Waals surface area contributed by atoms with Crippen LogP contribution in [-0.4, -0.2) is 23.9 Å². The van der Waals surface area contributed by atoms with Crippen LogP contribution in [0.25, 0.3) is 28.3 Å². The van der Waals surface area contributed by atoms with E-state index in [0.29, 0.717) is 34.6 Å². The lowest BCUT2D eigenvalue weighted by atomic mass is 9.97. The van der Waals surface area contributed by atoms with E-state index in [0.717, 1.165) is 28.3 Å². The average molecular weight is 633 g/mol. The van der Waals surface area contributed by atoms with Crippen LogP contribution in [0.5, 0.6) is 11.5 Å². The van der Waals surface area contributed by atoms with Gasteiger partial charge in [-0.3, -0.25) is 9.59 Å². The number of ether oxygens (including phenoxy) is 2. The van der Waals surface area contributed by atoms with E-state index in [-0.39, 0.29) is 17.5 Å². The molecule has 0 bridgehead atoms. The smallest absolute Gasteiger partial charge is 0.387 e. The second kappa shape index (κ2) is 13.1. The van der Waals surface area contributed by atoms with Gasteiger partial charge in [0.2, 0.25) is 0 Å². The van der Waals surface area contributed by atoms with E-state index in [1.54, 1.807) is 90.1 Å². The van der Waals surface area contributed by atoms with Crippen molar-refractivity contribution < 1.29 is 38.4 Å². The predicted octanol–water partition coefficient (Wildman–Crippen LogP) is 7.88. The topological polar surface area (TPSA) is 105 Å². The molecular formula is C39H36O8. The number of rotatable bonds is 6. The molecular weight excluding hydrogens is 596 g/mol. The zero-order chi connectivity index (χ0) is 33.9. The Balaban J connectivity index is 1.33. The van der Waals surface area contributed by atoms with Crippen molar-refractivity contribution in [3.8, 4) is 22.6 Å². The van der Waals surface area contributed by atoms with Crippen molar-refractivity contribution in [3.05, 3.63) is 113 Å². The van der Waals surface area contributed by atoms with Gasteiger partial charge in [-0.1, -0.05) is 60.7 Å². The highest BCUT2D eigenvalue weighted by Crippen LogP contribution is 2.41. The van der Waals surface area contributed by atoms with Crippen molar-refractivity contribution in [3.63, 3.8) is 0 Å². The lowest BCUT2D eigenvalue weighted by Gasteiger charge is -2.16. The van der Waals surface area contributed by atoms with Crippen LogP contribution < -0.4 is 9.47 Å². The lowest BCUT2D eigenvalue weighted by molar-refractivity contribution is -0.249. The van der Waals surface area contributed by atoms with Gasteiger partial charge in [-0.2, -0.15) is 0 Å². The van der Waals surface area contributed by atoms with E-state index in [4.69, 9.17) is 19.2 Å². The third-order valence-electron chi connectivity index (χ3n) is 7.47. The first-order valence-electron chi connectivity index (χ1n) is 15.2. The van der Waals surface area contributed by atoms with Crippen LogP contribution in [-0.2, 0) is 35.4 Å². The Morgan fingerprint density at radius 2 is 1.19 bits per heavy atom. The van der Waals surface area contributed by atoms with Crippen molar-refractivity contribution in [1.29, 1.82) is 0 Å². The molecule has 0 N–H and O–H groups in total. The number of fused-ring (bicyclic) bond motifs is 2. The van der Waals surface area contributed by atoms with Gasteiger partial charge in [0.1, 0.15) is 11.5 Å². The van der Waals surface area contributed by atoms with E-state index in [1.165, 1.54) is 6.08 Å². The summed E-state index contributed by atoms with van der Waals surface area (Å²) in [5.74, 6) is -1.65. The highest BCUT2D eigenvalue weighted by Gasteiger charge is 2.31. The molecule has 0 aliphatic heterocycles. The molecule has 0 heterocycles. The van der Waals surface area contributed by atoms with Crippen molar-refractivity contribution >= 4 is 41.1 Å². The summed E-state index contributed by atoms with van der Waals surface area (Å²) in [7, 11) is 0. The number of carbonyl (C=O) groups is 4. The van der Waals surface area contributed by atoms with Crippen LogP contribution in [0.15, 0.2) is 91.0 Å². The fourth-order valence-corrected chi connectivity index (χ4v) is 4.79. The molecule has 0 saturated heterocycles. The summed E-state index contributed by atoms with van der Waals surface area (Å²) < 4.78 is 10.9. The summed E-state index contributed by atoms with van der Waals surface area (Å²) in [5.41, 5.74) is 4.66. The number of hydrogen-bond donors (Lipinski definition) is 0. The Hall–Kier alpha value is -5.50. The summed E-state index contributed by atoms with van der Waals surface area (Å²) in [6.07, 6.45) is 3.05. The SMILES string of the molecule is CC(C)(C)C(=O)Oc1ccc(/C=C/C(=O)OOC(=O)C2=C(c3ccc(OC(=O)C(C)(C)C)cc3)Cc3cc4cccc-4ccc32)cc1. The summed E-state index contributed by atoms with van der Waals surface area (Å²) >= 11 is 0. The molecule has 2 aromatic rings. The van der Waals surface area contributed by atoms with Gasteiger partial charge in [0.05, 0.1) is 16.4 Å². The second-order valence-electron chi connectivity index (χ2n) is 13.4. The predicted molar refractivity (Wildman–Crippen MR) is 178 cm³/mol. The first-order chi connectivity index (χ1) is 22.2. The molecule has 0 atom stereocenters. The number of allylic oxidation sites excluding steroid dienone is 1. The molecule has 0 amide bonds. The largest absolute Gasteiger partial charge is 0.426 e. The molecule has 8 heteroatoms. The molecule has 0 saturated carbocycles. The molecule has 8 nitrogen and oxygen atoms in total. The van der Waals surface area contributed by atoms with Crippen LogP contribution in [0.4, 0.5) is 0 Å². The number of esters is 2. The maximum Gasteiger partial charge on any atom is 0.387 e. The summed E-state index contributed by atoms with van der Waals surface area (Å²) in [6, 6.07) is 25.3. The Morgan fingerprint density at radius 1 is 0.638 bits per heavy atom. The highest BCUT2D eigenvalue weighted by molar-refractivity contribution is 6.27. The first kappa shape index (κ1) is 32.9. The van der Waals surface area contributed by atoms with E-state index < -0.39 is 22.8 Å². The highest BCUT2D eigenvalue weighted by atomic mass is 17.2. The molecule has 0 fully saturated rings. The summed E-state index contributed by atoms with van der Waals surface area (Å²) in [6.45, 7) is 10.6. The fourth-order valence-electron chi connectivity index (χ4n) is 4.79. The monoisotopic (exact) mass is 632 g/mol. The third-order valence-corrected chi connectivity index (χ3v) is 7.47. The Morgan fingerprint density at radius 3 is 1.79 bits per heavy atom. The van der Waals surface area contributed by atoms with Crippen LogP contribution in [0.2, 0.25) is 0 Å². The van der Waals surface area contributed by atoms with Crippen LogP contribution in [0.1, 0.15) is 63.8 Å². The molecule has 5 rings (SSSR count). The molecule has 2 aromatic carbocycles. The molecule has 0 spiro atoms. The van der Waals surface area contributed by atoms with Gasteiger partial charge in [0.25, 0.3) is 0 Å².